The average molecular weight is 139 g/mol. The van der Waals surface area contributed by atoms with Gasteiger partial charge in [-0.15, -0.1) is 12.4 Å². The van der Waals surface area contributed by atoms with Crippen LogP contribution >= 0.6 is 12.4 Å². The summed E-state index contributed by atoms with van der Waals surface area (Å²) in [6, 6.07) is 0. The molecule has 0 rings (SSSR count). The van der Waals surface area contributed by atoms with Gasteiger partial charge < -0.3 is 11.5 Å². The number of amides is 1. The van der Waals surface area contributed by atoms with E-state index in [4.69, 9.17) is 0 Å². The summed E-state index contributed by atoms with van der Waals surface area (Å²) in [5, 5.41) is 2.36. The molecule has 0 heterocycles. The molecule has 0 saturated heterocycles. The van der Waals surface area contributed by atoms with E-state index in [2.05, 4.69) is 11.9 Å². The predicted molar refractivity (Wildman–Crippen MR) is 36.5 cm³/mol. The summed E-state index contributed by atoms with van der Waals surface area (Å²) in [5.41, 5.74) is 0. The minimum atomic E-state index is -0.144. The van der Waals surface area contributed by atoms with Crippen molar-refractivity contribution in [2.45, 2.75) is 0 Å². The van der Waals surface area contributed by atoms with Gasteiger partial charge in [0, 0.05) is 7.05 Å². The zero-order chi connectivity index (χ0) is 4.99. The Morgan fingerprint density at radius 1 is 1.75 bits per heavy atom. The van der Waals surface area contributed by atoms with E-state index in [9.17, 15) is 4.79 Å². The summed E-state index contributed by atoms with van der Waals surface area (Å²) < 4.78 is 0. The Bertz CT molecular complexity index is 74.4. The van der Waals surface area contributed by atoms with E-state index in [0.717, 1.165) is 0 Å². The molecule has 0 fully saturated rings. The minimum absolute atomic E-state index is 0. The van der Waals surface area contributed by atoms with E-state index in [-0.39, 0.29) is 24.5 Å². The fourth-order valence-electron chi connectivity index (χ4n) is 0.102. The van der Waals surface area contributed by atoms with Crippen molar-refractivity contribution in [3.05, 3.63) is 12.7 Å². The molecule has 8 heavy (non-hydrogen) atoms. The van der Waals surface area contributed by atoms with Gasteiger partial charge in [0.1, 0.15) is 0 Å². The van der Waals surface area contributed by atoms with Crippen molar-refractivity contribution in [3.8, 4) is 0 Å². The van der Waals surface area contributed by atoms with Crippen LogP contribution in [0.2, 0.25) is 0 Å². The molecule has 0 aromatic carbocycles. The molecule has 0 atom stereocenters. The van der Waals surface area contributed by atoms with Crippen LogP contribution in [-0.2, 0) is 4.79 Å². The van der Waals surface area contributed by atoms with Crippen LogP contribution in [0.5, 0.6) is 0 Å². The van der Waals surface area contributed by atoms with Gasteiger partial charge in [-0.05, 0) is 6.08 Å². The Kier molecular flexibility index (Phi) is 18.9. The first-order valence-electron chi connectivity index (χ1n) is 1.65. The van der Waals surface area contributed by atoms with Crippen molar-refractivity contribution in [1.29, 1.82) is 0 Å². The van der Waals surface area contributed by atoms with Gasteiger partial charge >= 0.3 is 0 Å². The van der Waals surface area contributed by atoms with Gasteiger partial charge in [0.25, 0.3) is 0 Å². The lowest BCUT2D eigenvalue weighted by molar-refractivity contribution is -0.116. The molecular weight excluding hydrogens is 128 g/mol. The van der Waals surface area contributed by atoms with Gasteiger partial charge in [0.15, 0.2) is 0 Å². The first kappa shape index (κ1) is 15.7. The number of halogens is 1. The highest BCUT2D eigenvalue weighted by Crippen LogP contribution is 1.56. The smallest absolute Gasteiger partial charge is 0.243 e. The average Bonchev–Trinajstić information content (AvgIpc) is 1.65. The molecule has 1 amide bonds. The zero-order valence-electron chi connectivity index (χ0n) is 4.81. The summed E-state index contributed by atoms with van der Waals surface area (Å²) >= 11 is 0. The second-order valence-corrected chi connectivity index (χ2v) is 0.818. The molecule has 4 heteroatoms. The molecule has 4 N–H and O–H groups in total. The van der Waals surface area contributed by atoms with E-state index >= 15 is 0 Å². The molecular formula is C4H11ClN2O. The largest absolute Gasteiger partial charge is 0.356 e. The van der Waals surface area contributed by atoms with Crippen molar-refractivity contribution in [2.75, 3.05) is 7.05 Å². The van der Waals surface area contributed by atoms with Gasteiger partial charge in [-0.2, -0.15) is 0 Å². The number of hydrogen-bond donors (Lipinski definition) is 2. The van der Waals surface area contributed by atoms with E-state index in [1.807, 2.05) is 0 Å². The maximum atomic E-state index is 9.95. The van der Waals surface area contributed by atoms with Crippen molar-refractivity contribution in [3.63, 3.8) is 0 Å². The number of nitrogens with one attached hydrogen (secondary N) is 1. The quantitative estimate of drug-likeness (QED) is 0.519. The van der Waals surface area contributed by atoms with Crippen molar-refractivity contribution in [1.82, 2.24) is 11.5 Å². The first-order valence-corrected chi connectivity index (χ1v) is 1.65. The Labute approximate surface area is 55.1 Å². The van der Waals surface area contributed by atoms with Gasteiger partial charge in [-0.25, -0.2) is 0 Å². The lowest BCUT2D eigenvalue weighted by Gasteiger charge is -1.82. The van der Waals surface area contributed by atoms with Crippen LogP contribution in [0.25, 0.3) is 0 Å². The molecule has 0 bridgehead atoms. The number of hydrogen-bond acceptors (Lipinski definition) is 2. The molecule has 0 radical (unpaired) electrons. The molecule has 3 nitrogen and oxygen atoms in total. The van der Waals surface area contributed by atoms with E-state index in [0.29, 0.717) is 0 Å². The third-order valence-corrected chi connectivity index (χ3v) is 0.432. The maximum Gasteiger partial charge on any atom is 0.243 e. The molecule has 0 spiro atoms. The molecule has 0 aromatic heterocycles. The van der Waals surface area contributed by atoms with Gasteiger partial charge in [0.2, 0.25) is 5.91 Å². The molecule has 0 unspecified atom stereocenters. The Morgan fingerprint density at radius 3 is 2.12 bits per heavy atom. The lowest BCUT2D eigenvalue weighted by atomic mass is 10.6. The van der Waals surface area contributed by atoms with Crippen LogP contribution in [0.15, 0.2) is 12.7 Å². The summed E-state index contributed by atoms with van der Waals surface area (Å²) in [6.45, 7) is 3.22. The van der Waals surface area contributed by atoms with E-state index in [1.54, 1.807) is 7.05 Å². The fourth-order valence-corrected chi connectivity index (χ4v) is 0.102. The second-order valence-electron chi connectivity index (χ2n) is 0.818. The van der Waals surface area contributed by atoms with Gasteiger partial charge in [-0.1, -0.05) is 6.58 Å². The predicted octanol–water partition coefficient (Wildman–Crippen LogP) is 0.502. The topological polar surface area (TPSA) is 64.1 Å². The molecule has 50 valence electrons. The molecule has 0 aromatic rings. The minimum Gasteiger partial charge on any atom is -0.356 e. The van der Waals surface area contributed by atoms with E-state index < -0.39 is 0 Å². The lowest BCUT2D eigenvalue weighted by Crippen LogP contribution is -2.13. The molecule has 0 saturated carbocycles. The third-order valence-electron chi connectivity index (χ3n) is 0.432. The van der Waals surface area contributed by atoms with Crippen molar-refractivity contribution in [2.24, 2.45) is 0 Å². The fraction of sp³-hybridized carbons (Fsp3) is 0.250. The Morgan fingerprint density at radius 2 is 2.12 bits per heavy atom. The normalized spacial score (nSPS) is 5.12. The van der Waals surface area contributed by atoms with Crippen molar-refractivity contribution < 1.29 is 4.79 Å². The molecule has 0 aliphatic carbocycles. The summed E-state index contributed by atoms with van der Waals surface area (Å²) in [5.74, 6) is -0.144. The maximum absolute atomic E-state index is 9.95. The second kappa shape index (κ2) is 9.68. The van der Waals surface area contributed by atoms with Crippen LogP contribution in [0.1, 0.15) is 0 Å². The SMILES string of the molecule is C=CC(=O)NC.Cl.N. The highest BCUT2D eigenvalue weighted by Gasteiger charge is 1.78. The Hall–Kier alpha value is -0.540. The molecule has 0 aliphatic rings. The number of carbonyl (C=O) groups is 1. The Balaban J connectivity index is -0.000000125. The highest BCUT2D eigenvalue weighted by molar-refractivity contribution is 5.86. The standard InChI is InChI=1S/C4H7NO.ClH.H3N/c1-3-4(6)5-2;;/h3H,1H2,2H3,(H,5,6);1H;1H3. The third kappa shape index (κ3) is 9.07. The number of likely N-dealkylation sites (N-methyl/N-ethyl adjacent to an activating group) is 1. The van der Waals surface area contributed by atoms with Crippen molar-refractivity contribution >= 4 is 18.3 Å². The summed E-state index contributed by atoms with van der Waals surface area (Å²) in [7, 11) is 1.56. The van der Waals surface area contributed by atoms with Gasteiger partial charge in [-0.3, -0.25) is 4.79 Å². The van der Waals surface area contributed by atoms with Crippen LogP contribution in [-0.4, -0.2) is 13.0 Å². The van der Waals surface area contributed by atoms with Crippen LogP contribution in [0.4, 0.5) is 0 Å². The summed E-state index contributed by atoms with van der Waals surface area (Å²) in [4.78, 5) is 9.95. The van der Waals surface area contributed by atoms with Crippen LogP contribution in [0.3, 0.4) is 0 Å². The zero-order valence-corrected chi connectivity index (χ0v) is 5.62. The first-order chi connectivity index (χ1) is 2.81. The monoisotopic (exact) mass is 138 g/mol. The van der Waals surface area contributed by atoms with Gasteiger partial charge in [0.05, 0.1) is 0 Å². The molecule has 0 aliphatic heterocycles. The highest BCUT2D eigenvalue weighted by atomic mass is 35.5. The van der Waals surface area contributed by atoms with E-state index in [1.165, 1.54) is 6.08 Å². The summed E-state index contributed by atoms with van der Waals surface area (Å²) in [6.07, 6.45) is 1.22. The number of carbonyl (C=O) groups excluding carboxylic acids is 1. The van der Waals surface area contributed by atoms with Crippen LogP contribution in [0, 0.1) is 0 Å². The van der Waals surface area contributed by atoms with Crippen LogP contribution < -0.4 is 11.5 Å². The number of rotatable bonds is 1.